The van der Waals surface area contributed by atoms with E-state index in [-0.39, 0.29) is 11.7 Å². The van der Waals surface area contributed by atoms with Crippen molar-refractivity contribution in [2.45, 2.75) is 13.3 Å². The lowest BCUT2D eigenvalue weighted by Gasteiger charge is -2.03. The highest BCUT2D eigenvalue weighted by Gasteiger charge is 2.07. The number of carbonyl (C=O) groups is 1. The molecular formula is C13H14N2O2S. The topological polar surface area (TPSA) is 62.2 Å². The summed E-state index contributed by atoms with van der Waals surface area (Å²) in [6, 6.07) is 6.98. The van der Waals surface area contributed by atoms with E-state index in [2.05, 4.69) is 10.3 Å². The highest BCUT2D eigenvalue weighted by Crippen LogP contribution is 2.11. The molecule has 0 aliphatic rings. The predicted octanol–water partition coefficient (Wildman–Crippen LogP) is 2.13. The predicted molar refractivity (Wildman–Crippen MR) is 71.0 cm³/mol. The van der Waals surface area contributed by atoms with Crippen LogP contribution in [0.5, 0.6) is 5.75 Å². The van der Waals surface area contributed by atoms with Gasteiger partial charge < -0.3 is 10.4 Å². The van der Waals surface area contributed by atoms with Crippen molar-refractivity contribution in [3.63, 3.8) is 0 Å². The summed E-state index contributed by atoms with van der Waals surface area (Å²) in [7, 11) is 0. The second kappa shape index (κ2) is 5.64. The Labute approximate surface area is 109 Å². The normalized spacial score (nSPS) is 10.3. The second-order valence-electron chi connectivity index (χ2n) is 3.92. The van der Waals surface area contributed by atoms with Crippen LogP contribution in [0.25, 0.3) is 0 Å². The second-order valence-corrected chi connectivity index (χ2v) is 5.15. The minimum absolute atomic E-state index is 0.0839. The van der Waals surface area contributed by atoms with Crippen molar-refractivity contribution in [2.75, 3.05) is 6.54 Å². The van der Waals surface area contributed by atoms with Gasteiger partial charge in [0.15, 0.2) is 0 Å². The van der Waals surface area contributed by atoms with Gasteiger partial charge in [0.2, 0.25) is 0 Å². The van der Waals surface area contributed by atoms with Crippen molar-refractivity contribution in [3.8, 4) is 5.75 Å². The van der Waals surface area contributed by atoms with Crippen LogP contribution in [-0.4, -0.2) is 22.5 Å². The van der Waals surface area contributed by atoms with Gasteiger partial charge in [-0.1, -0.05) is 12.1 Å². The van der Waals surface area contributed by atoms with Crippen molar-refractivity contribution < 1.29 is 9.90 Å². The first kappa shape index (κ1) is 12.6. The molecule has 0 fully saturated rings. The maximum Gasteiger partial charge on any atom is 0.263 e. The van der Waals surface area contributed by atoms with Gasteiger partial charge in [-0.25, -0.2) is 4.98 Å². The Morgan fingerprint density at radius 1 is 1.39 bits per heavy atom. The Bertz CT molecular complexity index is 534. The number of carbonyl (C=O) groups excluding carboxylic acids is 1. The van der Waals surface area contributed by atoms with Gasteiger partial charge in [0.25, 0.3) is 5.91 Å². The smallest absolute Gasteiger partial charge is 0.263 e. The molecule has 5 heteroatoms. The van der Waals surface area contributed by atoms with Gasteiger partial charge in [-0.05, 0) is 31.0 Å². The molecule has 18 heavy (non-hydrogen) atoms. The van der Waals surface area contributed by atoms with Gasteiger partial charge in [-0.2, -0.15) is 0 Å². The molecule has 1 aromatic carbocycles. The summed E-state index contributed by atoms with van der Waals surface area (Å²) in [6.07, 6.45) is 2.33. The monoisotopic (exact) mass is 262 g/mol. The van der Waals surface area contributed by atoms with Gasteiger partial charge in [-0.15, -0.1) is 11.3 Å². The standard InChI is InChI=1S/C13H14N2O2S/c1-9-15-8-12(18-9)13(17)14-7-6-10-2-4-11(16)5-3-10/h2-5,8,16H,6-7H2,1H3,(H,14,17). The number of amides is 1. The van der Waals surface area contributed by atoms with Crippen LogP contribution < -0.4 is 5.32 Å². The zero-order valence-corrected chi connectivity index (χ0v) is 10.8. The van der Waals surface area contributed by atoms with Crippen molar-refractivity contribution >= 4 is 17.2 Å². The summed E-state index contributed by atoms with van der Waals surface area (Å²) >= 11 is 1.39. The summed E-state index contributed by atoms with van der Waals surface area (Å²) < 4.78 is 0. The first-order valence-corrected chi connectivity index (χ1v) is 6.45. The number of aromatic hydroxyl groups is 1. The Morgan fingerprint density at radius 2 is 2.11 bits per heavy atom. The molecule has 2 aromatic rings. The maximum atomic E-state index is 11.7. The molecule has 0 unspecified atom stereocenters. The molecule has 0 bridgehead atoms. The molecule has 0 saturated carbocycles. The van der Waals surface area contributed by atoms with Crippen LogP contribution in [0.3, 0.4) is 0 Å². The zero-order valence-electron chi connectivity index (χ0n) is 10.0. The van der Waals surface area contributed by atoms with E-state index in [9.17, 15) is 4.79 Å². The highest BCUT2D eigenvalue weighted by molar-refractivity contribution is 7.13. The Morgan fingerprint density at radius 3 is 2.72 bits per heavy atom. The van der Waals surface area contributed by atoms with E-state index in [4.69, 9.17) is 5.11 Å². The molecule has 2 rings (SSSR count). The number of rotatable bonds is 4. The third-order valence-electron chi connectivity index (χ3n) is 2.48. The third-order valence-corrected chi connectivity index (χ3v) is 3.39. The fourth-order valence-electron chi connectivity index (χ4n) is 1.54. The molecule has 1 aromatic heterocycles. The van der Waals surface area contributed by atoms with Gasteiger partial charge in [0.1, 0.15) is 10.6 Å². The zero-order chi connectivity index (χ0) is 13.0. The molecule has 2 N–H and O–H groups in total. The molecule has 4 nitrogen and oxygen atoms in total. The van der Waals surface area contributed by atoms with E-state index in [1.54, 1.807) is 18.3 Å². The van der Waals surface area contributed by atoms with E-state index >= 15 is 0 Å². The first-order chi connectivity index (χ1) is 8.65. The number of aryl methyl sites for hydroxylation is 1. The van der Waals surface area contributed by atoms with Gasteiger partial charge in [0.05, 0.1) is 11.2 Å². The third kappa shape index (κ3) is 3.30. The number of nitrogens with zero attached hydrogens (tertiary/aromatic N) is 1. The number of hydrogen-bond donors (Lipinski definition) is 2. The number of hydrogen-bond acceptors (Lipinski definition) is 4. The van der Waals surface area contributed by atoms with E-state index in [1.165, 1.54) is 11.3 Å². The lowest BCUT2D eigenvalue weighted by molar-refractivity contribution is 0.0958. The molecular weight excluding hydrogens is 248 g/mol. The maximum absolute atomic E-state index is 11.7. The van der Waals surface area contributed by atoms with Crippen LogP contribution in [-0.2, 0) is 6.42 Å². The molecule has 94 valence electrons. The Balaban J connectivity index is 1.82. The molecule has 0 aliphatic carbocycles. The number of aromatic nitrogens is 1. The molecule has 0 saturated heterocycles. The summed E-state index contributed by atoms with van der Waals surface area (Å²) in [5.74, 6) is 0.169. The van der Waals surface area contributed by atoms with Crippen molar-refractivity contribution in [1.29, 1.82) is 0 Å². The minimum atomic E-state index is -0.0839. The molecule has 1 amide bonds. The molecule has 0 aliphatic heterocycles. The minimum Gasteiger partial charge on any atom is -0.508 e. The highest BCUT2D eigenvalue weighted by atomic mass is 32.1. The van der Waals surface area contributed by atoms with E-state index in [0.29, 0.717) is 11.4 Å². The number of phenols is 1. The summed E-state index contributed by atoms with van der Waals surface area (Å²) in [5.41, 5.74) is 1.08. The van der Waals surface area contributed by atoms with E-state index in [1.807, 2.05) is 19.1 Å². The average molecular weight is 262 g/mol. The number of nitrogens with one attached hydrogen (secondary N) is 1. The Kier molecular flexibility index (Phi) is 3.94. The van der Waals surface area contributed by atoms with Gasteiger partial charge >= 0.3 is 0 Å². The van der Waals surface area contributed by atoms with Crippen LogP contribution in [0, 0.1) is 6.92 Å². The SMILES string of the molecule is Cc1ncc(C(=O)NCCc2ccc(O)cc2)s1. The average Bonchev–Trinajstić information content (AvgIpc) is 2.78. The van der Waals surface area contributed by atoms with Gasteiger partial charge in [-0.3, -0.25) is 4.79 Å². The number of benzene rings is 1. The van der Waals surface area contributed by atoms with Gasteiger partial charge in [0, 0.05) is 6.54 Å². The van der Waals surface area contributed by atoms with E-state index < -0.39 is 0 Å². The molecule has 0 radical (unpaired) electrons. The summed E-state index contributed by atoms with van der Waals surface area (Å²) in [4.78, 5) is 16.4. The van der Waals surface area contributed by atoms with Crippen LogP contribution in [0.1, 0.15) is 20.2 Å². The number of thiazole rings is 1. The lowest BCUT2D eigenvalue weighted by Crippen LogP contribution is -2.24. The summed E-state index contributed by atoms with van der Waals surface area (Å²) in [6.45, 7) is 2.44. The Hall–Kier alpha value is -1.88. The van der Waals surface area contributed by atoms with E-state index in [0.717, 1.165) is 17.0 Å². The summed E-state index contributed by atoms with van der Waals surface area (Å²) in [5, 5.41) is 12.9. The fourth-order valence-corrected chi connectivity index (χ4v) is 2.23. The molecule has 0 spiro atoms. The van der Waals surface area contributed by atoms with Crippen molar-refractivity contribution in [1.82, 2.24) is 10.3 Å². The quantitative estimate of drug-likeness (QED) is 0.887. The molecule has 1 heterocycles. The largest absolute Gasteiger partial charge is 0.508 e. The van der Waals surface area contributed by atoms with Crippen LogP contribution >= 0.6 is 11.3 Å². The van der Waals surface area contributed by atoms with Crippen LogP contribution in [0.4, 0.5) is 0 Å². The first-order valence-electron chi connectivity index (χ1n) is 5.63. The van der Waals surface area contributed by atoms with Crippen LogP contribution in [0.15, 0.2) is 30.5 Å². The fraction of sp³-hybridized carbons (Fsp3) is 0.231. The lowest BCUT2D eigenvalue weighted by atomic mass is 10.1. The van der Waals surface area contributed by atoms with Crippen molar-refractivity contribution in [3.05, 3.63) is 45.9 Å². The van der Waals surface area contributed by atoms with Crippen molar-refractivity contribution in [2.24, 2.45) is 0 Å². The molecule has 0 atom stereocenters. The number of phenolic OH excluding ortho intramolecular Hbond substituents is 1. The van der Waals surface area contributed by atoms with Crippen LogP contribution in [0.2, 0.25) is 0 Å².